The van der Waals surface area contributed by atoms with E-state index in [1.807, 2.05) is 19.1 Å². The molecule has 0 radical (unpaired) electrons. The Bertz CT molecular complexity index is 1260. The molecule has 0 saturated carbocycles. The molecule has 0 aliphatic carbocycles. The highest BCUT2D eigenvalue weighted by Gasteiger charge is 2.33. The van der Waals surface area contributed by atoms with Crippen LogP contribution in [0.25, 0.3) is 33.4 Å². The van der Waals surface area contributed by atoms with E-state index < -0.39 is 6.43 Å². The molecule has 140 valence electrons. The van der Waals surface area contributed by atoms with Gasteiger partial charge >= 0.3 is 0 Å². The lowest BCUT2D eigenvalue weighted by Crippen LogP contribution is -1.99. The molecule has 0 unspecified atom stereocenters. The van der Waals surface area contributed by atoms with Gasteiger partial charge in [-0.2, -0.15) is 10.4 Å². The molecule has 5 heterocycles. The summed E-state index contributed by atoms with van der Waals surface area (Å²) in [5.41, 5.74) is 2.25. The summed E-state index contributed by atoms with van der Waals surface area (Å²) in [5.74, 6) is 0.313. The predicted molar refractivity (Wildman–Crippen MR) is 101 cm³/mol. The fourth-order valence-corrected chi connectivity index (χ4v) is 4.47. The van der Waals surface area contributed by atoms with Crippen LogP contribution in [-0.4, -0.2) is 26.4 Å². The minimum absolute atomic E-state index is 0.230. The Labute approximate surface area is 162 Å². The number of pyridine rings is 1. The summed E-state index contributed by atoms with van der Waals surface area (Å²) in [6.45, 7) is 2.71. The maximum absolute atomic E-state index is 13.8. The van der Waals surface area contributed by atoms with Gasteiger partial charge in [-0.25, -0.2) is 18.4 Å². The van der Waals surface area contributed by atoms with Gasteiger partial charge in [0.05, 0.1) is 17.8 Å². The third-order valence-corrected chi connectivity index (χ3v) is 5.68. The Morgan fingerprint density at radius 1 is 1.39 bits per heavy atom. The van der Waals surface area contributed by atoms with Crippen molar-refractivity contribution in [2.45, 2.75) is 19.9 Å². The van der Waals surface area contributed by atoms with E-state index in [9.17, 15) is 14.0 Å². The molecule has 1 aliphatic heterocycles. The lowest BCUT2D eigenvalue weighted by atomic mass is 9.99. The molecule has 0 spiro atoms. The van der Waals surface area contributed by atoms with Crippen LogP contribution in [0.15, 0.2) is 24.4 Å². The fraction of sp³-hybridized carbons (Fsp3) is 0.211. The summed E-state index contributed by atoms with van der Waals surface area (Å²) in [6.07, 6.45) is -1.13. The molecular formula is C19H13F2N5OS. The Morgan fingerprint density at radius 2 is 2.25 bits per heavy atom. The molecular weight excluding hydrogens is 384 g/mol. The highest BCUT2D eigenvalue weighted by atomic mass is 32.1. The van der Waals surface area contributed by atoms with Gasteiger partial charge in [-0.1, -0.05) is 0 Å². The minimum Gasteiger partial charge on any atom is -0.475 e. The van der Waals surface area contributed by atoms with Crippen molar-refractivity contribution in [1.29, 1.82) is 5.26 Å². The van der Waals surface area contributed by atoms with Crippen molar-refractivity contribution in [2.24, 2.45) is 0 Å². The number of hydrogen-bond acceptors (Lipinski definition) is 5. The van der Waals surface area contributed by atoms with Gasteiger partial charge in [0, 0.05) is 27.6 Å². The van der Waals surface area contributed by atoms with Crippen LogP contribution >= 0.6 is 11.3 Å². The Morgan fingerprint density at radius 3 is 3.04 bits per heavy atom. The van der Waals surface area contributed by atoms with E-state index in [4.69, 9.17) is 4.74 Å². The molecule has 9 heteroatoms. The lowest BCUT2D eigenvalue weighted by Gasteiger charge is -2.07. The lowest BCUT2D eigenvalue weighted by molar-refractivity contribution is 0.145. The Hall–Kier alpha value is -3.25. The molecule has 0 bridgehead atoms. The number of fused-ring (bicyclic) bond motifs is 2. The normalized spacial score (nSPS) is 13.1. The molecule has 1 aliphatic rings. The monoisotopic (exact) mass is 397 g/mol. The molecule has 4 aromatic rings. The second kappa shape index (κ2) is 6.14. The van der Waals surface area contributed by atoms with Crippen LogP contribution in [0, 0.1) is 18.3 Å². The summed E-state index contributed by atoms with van der Waals surface area (Å²) >= 11 is 1.37. The summed E-state index contributed by atoms with van der Waals surface area (Å²) in [5, 5.41) is 14.4. The van der Waals surface area contributed by atoms with Crippen LogP contribution in [0.5, 0.6) is 5.88 Å². The summed E-state index contributed by atoms with van der Waals surface area (Å²) in [7, 11) is 0. The SMILES string of the molecule is Cc1cc(-c2c(-c3c(C(F)F)nn4c3OCC4)[nH]c3ncccc23)c(C#N)s1. The first-order valence-electron chi connectivity index (χ1n) is 8.58. The maximum atomic E-state index is 13.8. The number of rotatable bonds is 3. The van der Waals surface area contributed by atoms with Gasteiger partial charge in [0.1, 0.15) is 28.9 Å². The van der Waals surface area contributed by atoms with Gasteiger partial charge in [0.25, 0.3) is 6.43 Å². The van der Waals surface area contributed by atoms with E-state index in [-0.39, 0.29) is 11.3 Å². The number of alkyl halides is 2. The summed E-state index contributed by atoms with van der Waals surface area (Å²) in [6, 6.07) is 7.75. The predicted octanol–water partition coefficient (Wildman–Crippen LogP) is 4.67. The molecule has 5 rings (SSSR count). The molecule has 0 saturated heterocycles. The summed E-state index contributed by atoms with van der Waals surface area (Å²) < 4.78 is 34.7. The van der Waals surface area contributed by atoms with E-state index in [0.717, 1.165) is 10.3 Å². The van der Waals surface area contributed by atoms with Crippen LogP contribution in [0.3, 0.4) is 0 Å². The largest absolute Gasteiger partial charge is 0.475 e. The molecule has 0 fully saturated rings. The van der Waals surface area contributed by atoms with Crippen LogP contribution in [-0.2, 0) is 6.54 Å². The van der Waals surface area contributed by atoms with Gasteiger partial charge in [0.2, 0.25) is 5.88 Å². The first-order chi connectivity index (χ1) is 13.6. The van der Waals surface area contributed by atoms with Crippen molar-refractivity contribution in [2.75, 3.05) is 6.61 Å². The number of thiophene rings is 1. The zero-order valence-electron chi connectivity index (χ0n) is 14.7. The smallest absolute Gasteiger partial charge is 0.282 e. The number of nitriles is 1. The maximum Gasteiger partial charge on any atom is 0.282 e. The van der Waals surface area contributed by atoms with E-state index in [0.29, 0.717) is 46.4 Å². The molecule has 6 nitrogen and oxygen atoms in total. The topological polar surface area (TPSA) is 79.5 Å². The number of aromatic nitrogens is 4. The van der Waals surface area contributed by atoms with Crippen LogP contribution in [0.1, 0.15) is 21.9 Å². The average Bonchev–Trinajstić information content (AvgIpc) is 3.41. The second-order valence-corrected chi connectivity index (χ2v) is 7.68. The van der Waals surface area contributed by atoms with Crippen LogP contribution < -0.4 is 4.74 Å². The second-order valence-electron chi connectivity index (χ2n) is 6.42. The van der Waals surface area contributed by atoms with Crippen molar-refractivity contribution in [1.82, 2.24) is 19.7 Å². The fourth-order valence-electron chi connectivity index (χ4n) is 3.65. The minimum atomic E-state index is -2.76. The molecule has 1 N–H and O–H groups in total. The third-order valence-electron chi connectivity index (χ3n) is 4.73. The number of nitrogens with zero attached hydrogens (tertiary/aromatic N) is 4. The molecule has 0 amide bonds. The van der Waals surface area contributed by atoms with Crippen molar-refractivity contribution in [3.63, 3.8) is 0 Å². The van der Waals surface area contributed by atoms with E-state index in [1.54, 1.807) is 12.3 Å². The highest BCUT2D eigenvalue weighted by Crippen LogP contribution is 2.47. The number of aryl methyl sites for hydroxylation is 1. The third kappa shape index (κ3) is 2.34. The number of halogens is 2. The number of H-pyrrole nitrogens is 1. The standard InChI is InChI=1S/C19H13F2N5OS/c1-9-7-11(12(8-22)28-9)13-10-3-2-4-23-18(10)24-15(13)14-16(17(20)21)25-26-5-6-27-19(14)26/h2-4,7,17H,5-6H2,1H3,(H,23,24). The van der Waals surface area contributed by atoms with Gasteiger partial charge < -0.3 is 9.72 Å². The first-order valence-corrected chi connectivity index (χ1v) is 9.39. The first kappa shape index (κ1) is 16.9. The zero-order chi connectivity index (χ0) is 19.4. The molecule has 0 atom stereocenters. The molecule has 28 heavy (non-hydrogen) atoms. The van der Waals surface area contributed by atoms with E-state index in [1.165, 1.54) is 16.0 Å². The number of aromatic amines is 1. The van der Waals surface area contributed by atoms with Crippen molar-refractivity contribution < 1.29 is 13.5 Å². The van der Waals surface area contributed by atoms with Crippen molar-refractivity contribution in [3.05, 3.63) is 39.8 Å². The van der Waals surface area contributed by atoms with Crippen LogP contribution in [0.2, 0.25) is 0 Å². The number of ether oxygens (including phenoxy) is 1. The van der Waals surface area contributed by atoms with Gasteiger partial charge in [-0.15, -0.1) is 11.3 Å². The Balaban J connectivity index is 1.89. The number of hydrogen-bond donors (Lipinski definition) is 1. The zero-order valence-corrected chi connectivity index (χ0v) is 15.5. The van der Waals surface area contributed by atoms with E-state index >= 15 is 0 Å². The van der Waals surface area contributed by atoms with Crippen molar-refractivity contribution >= 4 is 22.4 Å². The van der Waals surface area contributed by atoms with Gasteiger partial charge in [-0.3, -0.25) is 0 Å². The van der Waals surface area contributed by atoms with Crippen LogP contribution in [0.4, 0.5) is 8.78 Å². The average molecular weight is 397 g/mol. The quantitative estimate of drug-likeness (QED) is 0.545. The van der Waals surface area contributed by atoms with E-state index in [2.05, 4.69) is 21.1 Å². The Kier molecular flexibility index (Phi) is 3.70. The number of nitrogens with one attached hydrogen (secondary N) is 1. The van der Waals surface area contributed by atoms with Gasteiger partial charge in [0.15, 0.2) is 0 Å². The van der Waals surface area contributed by atoms with Crippen molar-refractivity contribution in [3.8, 4) is 34.3 Å². The molecule has 4 aromatic heterocycles. The highest BCUT2D eigenvalue weighted by molar-refractivity contribution is 7.13. The van der Waals surface area contributed by atoms with Gasteiger partial charge in [-0.05, 0) is 25.1 Å². The molecule has 0 aromatic carbocycles. The summed E-state index contributed by atoms with van der Waals surface area (Å²) in [4.78, 5) is 8.99.